The van der Waals surface area contributed by atoms with Gasteiger partial charge in [0.25, 0.3) is 5.91 Å². The number of hydrogen-bond acceptors (Lipinski definition) is 5. The second kappa shape index (κ2) is 9.18. The first kappa shape index (κ1) is 24.2. The zero-order valence-electron chi connectivity index (χ0n) is 19.0. The van der Waals surface area contributed by atoms with Crippen LogP contribution in [0.2, 0.25) is 0 Å². The Kier molecular flexibility index (Phi) is 6.17. The molecule has 188 valence electrons. The van der Waals surface area contributed by atoms with Crippen molar-refractivity contribution in [2.24, 2.45) is 0 Å². The quantitative estimate of drug-likeness (QED) is 0.498. The van der Waals surface area contributed by atoms with Gasteiger partial charge in [-0.2, -0.15) is 13.2 Å². The molecule has 1 N–H and O–H groups in total. The fraction of sp³-hybridized carbons (Fsp3) is 0.308. The number of carbonyl (C=O) groups excluding carboxylic acids is 1. The second-order valence-corrected chi connectivity index (χ2v) is 8.81. The summed E-state index contributed by atoms with van der Waals surface area (Å²) in [7, 11) is 0. The van der Waals surface area contributed by atoms with Crippen LogP contribution in [-0.2, 0) is 16.9 Å². The van der Waals surface area contributed by atoms with E-state index in [2.05, 4.69) is 4.98 Å². The van der Waals surface area contributed by atoms with Gasteiger partial charge in [0.2, 0.25) is 0 Å². The van der Waals surface area contributed by atoms with E-state index in [0.717, 1.165) is 17.7 Å². The van der Waals surface area contributed by atoms with Crippen LogP contribution in [0, 0.1) is 5.82 Å². The summed E-state index contributed by atoms with van der Waals surface area (Å²) in [6.45, 7) is -0.544. The smallest absolute Gasteiger partial charge is 0.422 e. The molecular weight excluding hydrogens is 480 g/mol. The standard InChI is InChI=1S/C26H22F4N2O4/c27-17-3-6-20(22(13-17)36-15-26(28,29)30)23-21-14-32(24(33)19(21)7-10-31-23)18-4-1-16(2-5-18)25(34)8-11-35-12-9-25/h1-7,10,13,34H,8-9,11-12,14-15H2. The van der Waals surface area contributed by atoms with Crippen molar-refractivity contribution in [2.75, 3.05) is 24.7 Å². The number of amides is 1. The molecule has 3 heterocycles. The third-order valence-corrected chi connectivity index (χ3v) is 6.47. The highest BCUT2D eigenvalue weighted by molar-refractivity contribution is 6.11. The van der Waals surface area contributed by atoms with Crippen molar-refractivity contribution in [2.45, 2.75) is 31.2 Å². The maximum absolute atomic E-state index is 13.8. The molecule has 1 fully saturated rings. The Morgan fingerprint density at radius 2 is 1.78 bits per heavy atom. The van der Waals surface area contributed by atoms with Crippen LogP contribution >= 0.6 is 0 Å². The van der Waals surface area contributed by atoms with Crippen molar-refractivity contribution in [3.8, 4) is 17.0 Å². The highest BCUT2D eigenvalue weighted by atomic mass is 19.4. The number of nitrogens with zero attached hydrogens (tertiary/aromatic N) is 2. The number of aromatic nitrogens is 1. The topological polar surface area (TPSA) is 71.9 Å². The molecular formula is C26H22F4N2O4. The summed E-state index contributed by atoms with van der Waals surface area (Å²) in [5.74, 6) is -1.37. The molecule has 2 aliphatic rings. The summed E-state index contributed by atoms with van der Waals surface area (Å²) in [5, 5.41) is 10.9. The third-order valence-electron chi connectivity index (χ3n) is 6.47. The lowest BCUT2D eigenvalue weighted by molar-refractivity contribution is -0.153. The molecule has 1 amide bonds. The lowest BCUT2D eigenvalue weighted by atomic mass is 9.86. The fourth-order valence-electron chi connectivity index (χ4n) is 4.59. The fourth-order valence-corrected chi connectivity index (χ4v) is 4.59. The first-order chi connectivity index (χ1) is 17.1. The van der Waals surface area contributed by atoms with Crippen LogP contribution in [0.25, 0.3) is 11.3 Å². The van der Waals surface area contributed by atoms with Gasteiger partial charge >= 0.3 is 6.18 Å². The van der Waals surface area contributed by atoms with Crippen LogP contribution < -0.4 is 9.64 Å². The van der Waals surface area contributed by atoms with Crippen LogP contribution in [-0.4, -0.2) is 42.0 Å². The molecule has 2 aromatic carbocycles. The van der Waals surface area contributed by atoms with Gasteiger partial charge in [-0.15, -0.1) is 0 Å². The zero-order valence-corrected chi connectivity index (χ0v) is 19.0. The van der Waals surface area contributed by atoms with Gasteiger partial charge in [-0.3, -0.25) is 9.78 Å². The Balaban J connectivity index is 1.45. The Bertz CT molecular complexity index is 1290. The van der Waals surface area contributed by atoms with E-state index in [9.17, 15) is 27.5 Å². The van der Waals surface area contributed by atoms with E-state index in [1.54, 1.807) is 30.3 Å². The first-order valence-corrected chi connectivity index (χ1v) is 11.3. The van der Waals surface area contributed by atoms with Crippen molar-refractivity contribution in [1.29, 1.82) is 0 Å². The van der Waals surface area contributed by atoms with Crippen molar-refractivity contribution in [3.63, 3.8) is 0 Å². The highest BCUT2D eigenvalue weighted by Crippen LogP contribution is 2.39. The zero-order chi connectivity index (χ0) is 25.5. The minimum absolute atomic E-state index is 0.116. The Morgan fingerprint density at radius 3 is 2.47 bits per heavy atom. The van der Waals surface area contributed by atoms with Crippen LogP contribution in [0.15, 0.2) is 54.7 Å². The summed E-state index contributed by atoms with van der Waals surface area (Å²) >= 11 is 0. The van der Waals surface area contributed by atoms with Gasteiger partial charge in [0.05, 0.1) is 17.8 Å². The molecule has 10 heteroatoms. The van der Waals surface area contributed by atoms with E-state index in [1.165, 1.54) is 17.2 Å². The van der Waals surface area contributed by atoms with E-state index in [1.807, 2.05) is 0 Å². The van der Waals surface area contributed by atoms with Crippen molar-refractivity contribution >= 4 is 11.6 Å². The number of pyridine rings is 1. The number of benzene rings is 2. The van der Waals surface area contributed by atoms with Gasteiger partial charge in [-0.1, -0.05) is 12.1 Å². The van der Waals surface area contributed by atoms with E-state index in [4.69, 9.17) is 9.47 Å². The number of carbonyl (C=O) groups is 1. The van der Waals surface area contributed by atoms with Crippen molar-refractivity contribution in [3.05, 3.63) is 77.2 Å². The summed E-state index contributed by atoms with van der Waals surface area (Å²) in [6.07, 6.45) is -2.26. The average Bonchev–Trinajstić information content (AvgIpc) is 3.20. The normalized spacial score (nSPS) is 17.2. The molecule has 0 unspecified atom stereocenters. The minimum Gasteiger partial charge on any atom is -0.483 e. The SMILES string of the molecule is O=C1c2ccnc(-c3ccc(F)cc3OCC(F)(F)F)c2CN1c1ccc(C2(O)CCOCC2)cc1. The third kappa shape index (κ3) is 4.66. The molecule has 1 aromatic heterocycles. The Labute approximate surface area is 204 Å². The van der Waals surface area contributed by atoms with Gasteiger partial charge < -0.3 is 19.5 Å². The second-order valence-electron chi connectivity index (χ2n) is 8.81. The lowest BCUT2D eigenvalue weighted by Crippen LogP contribution is -2.33. The molecule has 0 spiro atoms. The average molecular weight is 502 g/mol. The minimum atomic E-state index is -4.60. The molecule has 2 aliphatic heterocycles. The van der Waals surface area contributed by atoms with Crippen LogP contribution in [0.5, 0.6) is 5.75 Å². The predicted molar refractivity (Wildman–Crippen MR) is 122 cm³/mol. The van der Waals surface area contributed by atoms with Crippen molar-refractivity contribution in [1.82, 2.24) is 4.98 Å². The molecule has 5 rings (SSSR count). The van der Waals surface area contributed by atoms with E-state index in [0.29, 0.717) is 42.9 Å². The van der Waals surface area contributed by atoms with E-state index >= 15 is 0 Å². The molecule has 36 heavy (non-hydrogen) atoms. The summed E-state index contributed by atoms with van der Waals surface area (Å²) < 4.78 is 62.3. The van der Waals surface area contributed by atoms with Gasteiger partial charge in [-0.05, 0) is 35.9 Å². The molecule has 0 aliphatic carbocycles. The largest absolute Gasteiger partial charge is 0.483 e. The molecule has 0 radical (unpaired) electrons. The number of hydrogen-bond donors (Lipinski definition) is 1. The van der Waals surface area contributed by atoms with Gasteiger partial charge in [-0.25, -0.2) is 4.39 Å². The van der Waals surface area contributed by atoms with E-state index < -0.39 is 24.2 Å². The Hall–Kier alpha value is -3.50. The monoisotopic (exact) mass is 502 g/mol. The number of halogens is 4. The first-order valence-electron chi connectivity index (χ1n) is 11.3. The number of ether oxygens (including phenoxy) is 2. The number of rotatable bonds is 5. The van der Waals surface area contributed by atoms with Gasteiger partial charge in [0.1, 0.15) is 11.6 Å². The summed E-state index contributed by atoms with van der Waals surface area (Å²) in [6, 6.07) is 11.9. The lowest BCUT2D eigenvalue weighted by Gasteiger charge is -2.32. The number of alkyl halides is 3. The molecule has 0 atom stereocenters. The van der Waals surface area contributed by atoms with Crippen LogP contribution in [0.1, 0.15) is 34.3 Å². The molecule has 6 nitrogen and oxygen atoms in total. The van der Waals surface area contributed by atoms with E-state index in [-0.39, 0.29) is 29.5 Å². The Morgan fingerprint density at radius 1 is 1.06 bits per heavy atom. The predicted octanol–water partition coefficient (Wildman–Crippen LogP) is 4.99. The highest BCUT2D eigenvalue weighted by Gasteiger charge is 2.35. The van der Waals surface area contributed by atoms with Gasteiger partial charge in [0.15, 0.2) is 6.61 Å². The molecule has 1 saturated heterocycles. The van der Waals surface area contributed by atoms with Crippen LogP contribution in [0.3, 0.4) is 0 Å². The summed E-state index contributed by atoms with van der Waals surface area (Å²) in [5.41, 5.74) is 1.59. The maximum Gasteiger partial charge on any atom is 0.422 e. The van der Waals surface area contributed by atoms with Crippen molar-refractivity contribution < 1.29 is 36.9 Å². The number of fused-ring (bicyclic) bond motifs is 1. The molecule has 0 bridgehead atoms. The number of aliphatic hydroxyl groups is 1. The van der Waals surface area contributed by atoms with Gasteiger partial charge in [0, 0.05) is 60.7 Å². The number of anilines is 1. The summed E-state index contributed by atoms with van der Waals surface area (Å²) in [4.78, 5) is 19.0. The molecule has 0 saturated carbocycles. The molecule has 3 aromatic rings. The van der Waals surface area contributed by atoms with Crippen LogP contribution in [0.4, 0.5) is 23.2 Å². The maximum atomic E-state index is 13.8.